The van der Waals surface area contributed by atoms with Crippen LogP contribution < -0.4 is 0 Å². The molecule has 122 valence electrons. The zero-order valence-electron chi connectivity index (χ0n) is 13.3. The third-order valence-corrected chi connectivity index (χ3v) is 4.51. The number of alkyl halides is 1. The highest BCUT2D eigenvalue weighted by molar-refractivity contribution is 6.21. The van der Waals surface area contributed by atoms with Crippen LogP contribution in [0.4, 0.5) is 0 Å². The number of rotatable bonds is 6. The van der Waals surface area contributed by atoms with Gasteiger partial charge in [-0.1, -0.05) is 44.5 Å². The first-order valence-electron chi connectivity index (χ1n) is 7.72. The third-order valence-electron chi connectivity index (χ3n) is 3.96. The molecule has 0 spiro atoms. The molecule has 0 radical (unpaired) electrons. The van der Waals surface area contributed by atoms with E-state index in [1.54, 1.807) is 24.3 Å². The van der Waals surface area contributed by atoms with Crippen molar-refractivity contribution in [3.63, 3.8) is 0 Å². The fraction of sp³-hybridized carbons (Fsp3) is 0.316. The predicted octanol–water partition coefficient (Wildman–Crippen LogP) is 4.87. The Hall–Kier alpha value is -2.00. The highest BCUT2D eigenvalue weighted by atomic mass is 35.5. The first-order chi connectivity index (χ1) is 11.0. The van der Waals surface area contributed by atoms with Crippen molar-refractivity contribution in [3.8, 4) is 16.9 Å². The molecule has 0 bridgehead atoms. The van der Waals surface area contributed by atoms with E-state index in [4.69, 9.17) is 16.3 Å². The molecule has 2 rings (SSSR count). The number of phenols is 1. The van der Waals surface area contributed by atoms with Gasteiger partial charge >= 0.3 is 5.97 Å². The van der Waals surface area contributed by atoms with Crippen LogP contribution in [0.3, 0.4) is 0 Å². The lowest BCUT2D eigenvalue weighted by atomic mass is 10.0. The van der Waals surface area contributed by atoms with Crippen molar-refractivity contribution in [2.24, 2.45) is 5.92 Å². The van der Waals surface area contributed by atoms with Crippen LogP contribution >= 0.6 is 11.6 Å². The second-order valence-corrected chi connectivity index (χ2v) is 6.18. The number of benzene rings is 2. The van der Waals surface area contributed by atoms with Gasteiger partial charge in [0.15, 0.2) is 0 Å². The van der Waals surface area contributed by atoms with Gasteiger partial charge in [0.25, 0.3) is 0 Å². The molecule has 0 amide bonds. The van der Waals surface area contributed by atoms with Crippen molar-refractivity contribution in [2.45, 2.75) is 25.6 Å². The maximum Gasteiger partial charge on any atom is 0.338 e. The van der Waals surface area contributed by atoms with Gasteiger partial charge in [0.2, 0.25) is 0 Å². The van der Waals surface area contributed by atoms with Crippen LogP contribution in [-0.4, -0.2) is 23.1 Å². The summed E-state index contributed by atoms with van der Waals surface area (Å²) in [4.78, 5) is 12.0. The molecule has 0 saturated heterocycles. The van der Waals surface area contributed by atoms with Crippen molar-refractivity contribution >= 4 is 17.6 Å². The minimum atomic E-state index is -0.365. The van der Waals surface area contributed by atoms with Gasteiger partial charge in [0.1, 0.15) is 12.4 Å². The minimum Gasteiger partial charge on any atom is -0.508 e. The lowest BCUT2D eigenvalue weighted by Crippen LogP contribution is -2.20. The van der Waals surface area contributed by atoms with E-state index in [9.17, 15) is 9.90 Å². The Kier molecular flexibility index (Phi) is 6.05. The molecule has 3 nitrogen and oxygen atoms in total. The normalized spacial score (nSPS) is 13.3. The summed E-state index contributed by atoms with van der Waals surface area (Å²) in [5.74, 6) is 0.170. The lowest BCUT2D eigenvalue weighted by molar-refractivity contribution is 0.0489. The molecule has 0 aromatic heterocycles. The van der Waals surface area contributed by atoms with Gasteiger partial charge in [-0.25, -0.2) is 4.79 Å². The molecule has 2 unspecified atom stereocenters. The maximum atomic E-state index is 12.0. The number of phenolic OH excluding ortho intramolecular Hbond substituents is 1. The SMILES string of the molecule is CCC(C)C(Cl)COC(=O)c1ccc(-c2ccc(O)cc2)cc1. The van der Waals surface area contributed by atoms with Crippen molar-refractivity contribution in [1.82, 2.24) is 0 Å². The molecule has 0 saturated carbocycles. The van der Waals surface area contributed by atoms with E-state index in [-0.39, 0.29) is 23.7 Å². The fourth-order valence-electron chi connectivity index (χ4n) is 2.11. The summed E-state index contributed by atoms with van der Waals surface area (Å²) < 4.78 is 5.27. The smallest absolute Gasteiger partial charge is 0.338 e. The molecular formula is C19H21ClO3. The first kappa shape index (κ1) is 17.4. The Morgan fingerprint density at radius 3 is 2.13 bits per heavy atom. The van der Waals surface area contributed by atoms with Gasteiger partial charge in [-0.2, -0.15) is 0 Å². The van der Waals surface area contributed by atoms with E-state index in [0.29, 0.717) is 11.5 Å². The molecule has 4 heteroatoms. The second kappa shape index (κ2) is 8.02. The maximum absolute atomic E-state index is 12.0. The zero-order chi connectivity index (χ0) is 16.8. The summed E-state index contributed by atoms with van der Waals surface area (Å²) in [5.41, 5.74) is 2.44. The molecule has 0 aliphatic rings. The summed E-state index contributed by atoms with van der Waals surface area (Å²) in [6.07, 6.45) is 0.951. The third kappa shape index (κ3) is 4.73. The number of halogens is 1. The van der Waals surface area contributed by atoms with Crippen LogP contribution in [0.5, 0.6) is 5.75 Å². The van der Waals surface area contributed by atoms with E-state index in [2.05, 4.69) is 6.92 Å². The number of aromatic hydroxyl groups is 1. The van der Waals surface area contributed by atoms with E-state index >= 15 is 0 Å². The molecule has 23 heavy (non-hydrogen) atoms. The number of ether oxygens (including phenoxy) is 1. The molecule has 2 atom stereocenters. The lowest BCUT2D eigenvalue weighted by Gasteiger charge is -2.16. The van der Waals surface area contributed by atoms with Crippen LogP contribution in [-0.2, 0) is 4.74 Å². The largest absolute Gasteiger partial charge is 0.508 e. The molecule has 0 fully saturated rings. The van der Waals surface area contributed by atoms with Gasteiger partial charge in [-0.15, -0.1) is 11.6 Å². The van der Waals surface area contributed by atoms with Crippen molar-refractivity contribution < 1.29 is 14.6 Å². The highest BCUT2D eigenvalue weighted by Gasteiger charge is 2.16. The molecular weight excluding hydrogens is 312 g/mol. The topological polar surface area (TPSA) is 46.5 Å². The molecule has 0 heterocycles. The molecule has 2 aromatic rings. The van der Waals surface area contributed by atoms with Crippen LogP contribution in [0.15, 0.2) is 48.5 Å². The van der Waals surface area contributed by atoms with Crippen molar-refractivity contribution in [3.05, 3.63) is 54.1 Å². The second-order valence-electron chi connectivity index (χ2n) is 5.62. The molecule has 2 aromatic carbocycles. The highest BCUT2D eigenvalue weighted by Crippen LogP contribution is 2.22. The van der Waals surface area contributed by atoms with Crippen LogP contribution in [0.2, 0.25) is 0 Å². The van der Waals surface area contributed by atoms with Gasteiger partial charge in [0, 0.05) is 0 Å². The quantitative estimate of drug-likeness (QED) is 0.606. The first-order valence-corrected chi connectivity index (χ1v) is 8.15. The Morgan fingerprint density at radius 1 is 1.09 bits per heavy atom. The van der Waals surface area contributed by atoms with E-state index in [1.165, 1.54) is 0 Å². The monoisotopic (exact) mass is 332 g/mol. The summed E-state index contributed by atoms with van der Waals surface area (Å²) in [6.45, 7) is 4.32. The average Bonchev–Trinajstić information content (AvgIpc) is 2.59. The Labute approximate surface area is 141 Å². The standard InChI is InChI=1S/C19H21ClO3/c1-3-13(2)18(20)12-23-19(22)16-6-4-14(5-7-16)15-8-10-17(21)11-9-15/h4-11,13,18,21H,3,12H2,1-2H3. The van der Waals surface area contributed by atoms with Gasteiger partial charge in [-0.05, 0) is 41.3 Å². The van der Waals surface area contributed by atoms with E-state index < -0.39 is 0 Å². The summed E-state index contributed by atoms with van der Waals surface area (Å²) >= 11 is 6.18. The van der Waals surface area contributed by atoms with Gasteiger partial charge < -0.3 is 9.84 Å². The van der Waals surface area contributed by atoms with Crippen molar-refractivity contribution in [1.29, 1.82) is 0 Å². The number of carbonyl (C=O) groups excluding carboxylic acids is 1. The molecule has 0 aliphatic heterocycles. The van der Waals surface area contributed by atoms with Crippen molar-refractivity contribution in [2.75, 3.05) is 6.61 Å². The molecule has 0 aliphatic carbocycles. The van der Waals surface area contributed by atoms with E-state index in [1.807, 2.05) is 31.2 Å². The van der Waals surface area contributed by atoms with Gasteiger partial charge in [0.05, 0.1) is 10.9 Å². The summed E-state index contributed by atoms with van der Waals surface area (Å²) in [5, 5.41) is 9.14. The Balaban J connectivity index is 1.99. The number of hydrogen-bond donors (Lipinski definition) is 1. The van der Waals surface area contributed by atoms with Crippen LogP contribution in [0.25, 0.3) is 11.1 Å². The van der Waals surface area contributed by atoms with Gasteiger partial charge in [-0.3, -0.25) is 0 Å². The van der Waals surface area contributed by atoms with Crippen LogP contribution in [0, 0.1) is 5.92 Å². The summed E-state index contributed by atoms with van der Waals surface area (Å²) in [7, 11) is 0. The number of carbonyl (C=O) groups is 1. The summed E-state index contributed by atoms with van der Waals surface area (Å²) in [6, 6.07) is 14.1. The zero-order valence-corrected chi connectivity index (χ0v) is 14.1. The molecule has 1 N–H and O–H groups in total. The minimum absolute atomic E-state index is 0.166. The Bertz CT molecular complexity index is 635. The average molecular weight is 333 g/mol. The number of hydrogen-bond acceptors (Lipinski definition) is 3. The fourth-order valence-corrected chi connectivity index (χ4v) is 2.35. The number of esters is 1. The predicted molar refractivity (Wildman–Crippen MR) is 92.9 cm³/mol. The van der Waals surface area contributed by atoms with Crippen LogP contribution in [0.1, 0.15) is 30.6 Å². The van der Waals surface area contributed by atoms with E-state index in [0.717, 1.165) is 17.5 Å². The Morgan fingerprint density at radius 2 is 1.61 bits per heavy atom.